The fourth-order valence-corrected chi connectivity index (χ4v) is 1.18. The van der Waals surface area contributed by atoms with Gasteiger partial charge in [0.25, 0.3) is 0 Å². The maximum Gasteiger partial charge on any atom is 0.413 e. The molecule has 1 amide bonds. The first-order valence-corrected chi connectivity index (χ1v) is 5.38. The van der Waals surface area contributed by atoms with E-state index in [-0.39, 0.29) is 11.6 Å². The summed E-state index contributed by atoms with van der Waals surface area (Å²) in [6.07, 6.45) is -0.631. The van der Waals surface area contributed by atoms with Gasteiger partial charge in [0.2, 0.25) is 5.82 Å². The van der Waals surface area contributed by atoms with Gasteiger partial charge in [-0.05, 0) is 27.7 Å². The summed E-state index contributed by atoms with van der Waals surface area (Å²) in [5, 5.41) is 2.45. The Bertz CT molecular complexity index is 459. The second-order valence-corrected chi connectivity index (χ2v) is 4.68. The second kappa shape index (κ2) is 5.07. The van der Waals surface area contributed by atoms with Crippen LogP contribution in [0.3, 0.4) is 0 Å². The molecule has 100 valence electrons. The van der Waals surface area contributed by atoms with Gasteiger partial charge in [0.1, 0.15) is 5.60 Å². The van der Waals surface area contributed by atoms with Gasteiger partial charge >= 0.3 is 12.1 Å². The predicted molar refractivity (Wildman–Crippen MR) is 64.5 cm³/mol. The normalized spacial score (nSPS) is 10.9. The molecule has 0 aliphatic rings. The Morgan fingerprint density at radius 1 is 1.33 bits per heavy atom. The van der Waals surface area contributed by atoms with Crippen molar-refractivity contribution in [1.82, 2.24) is 9.97 Å². The van der Waals surface area contributed by atoms with Crippen molar-refractivity contribution in [2.75, 3.05) is 12.4 Å². The Hall–Kier alpha value is -2.05. The molecule has 0 spiro atoms. The van der Waals surface area contributed by atoms with Crippen LogP contribution in [0.2, 0.25) is 0 Å². The summed E-state index contributed by atoms with van der Waals surface area (Å²) < 4.78 is 9.59. The summed E-state index contributed by atoms with van der Waals surface area (Å²) in [4.78, 5) is 29.4. The zero-order valence-electron chi connectivity index (χ0n) is 11.1. The van der Waals surface area contributed by atoms with E-state index in [1.54, 1.807) is 27.7 Å². The first-order valence-electron chi connectivity index (χ1n) is 5.38. The fraction of sp³-hybridized carbons (Fsp3) is 0.545. The molecule has 0 radical (unpaired) electrons. The molecule has 0 bridgehead atoms. The number of nitrogens with one attached hydrogen (secondary N) is 2. The van der Waals surface area contributed by atoms with Crippen molar-refractivity contribution in [2.45, 2.75) is 33.3 Å². The molecule has 0 saturated heterocycles. The smallest absolute Gasteiger partial charge is 0.413 e. The number of nitrogens with zero attached hydrogens (tertiary/aromatic N) is 1. The first kappa shape index (κ1) is 14.0. The van der Waals surface area contributed by atoms with Crippen molar-refractivity contribution >= 4 is 17.9 Å². The molecular formula is C11H17N3O4. The summed E-state index contributed by atoms with van der Waals surface area (Å²) >= 11 is 0. The highest BCUT2D eigenvalue weighted by molar-refractivity contribution is 5.88. The topological polar surface area (TPSA) is 93.3 Å². The number of hydrogen-bond donors (Lipinski definition) is 2. The van der Waals surface area contributed by atoms with E-state index in [1.165, 1.54) is 7.11 Å². The third-order valence-corrected chi connectivity index (χ3v) is 1.88. The molecule has 18 heavy (non-hydrogen) atoms. The van der Waals surface area contributed by atoms with E-state index in [1.807, 2.05) is 0 Å². The number of ether oxygens (including phenoxy) is 2. The van der Waals surface area contributed by atoms with Crippen LogP contribution in [-0.2, 0) is 9.47 Å². The highest BCUT2D eigenvalue weighted by Gasteiger charge is 2.19. The lowest BCUT2D eigenvalue weighted by molar-refractivity contribution is 0.0584. The number of carbonyl (C=O) groups is 2. The Kier molecular flexibility index (Phi) is 3.95. The summed E-state index contributed by atoms with van der Waals surface area (Å²) in [5.41, 5.74) is -0.0549. The maximum atomic E-state index is 11.5. The molecule has 1 rings (SSSR count). The Balaban J connectivity index is 2.76. The monoisotopic (exact) mass is 255 g/mol. The standard InChI is InChI=1S/C11H17N3O4/c1-6-7(13-8(12-6)9(15)17-5)14-10(16)18-11(2,3)4/h1-5H3,(H,12,13)(H,14,16). The predicted octanol–water partition coefficient (Wildman–Crippen LogP) is 1.85. The van der Waals surface area contributed by atoms with E-state index >= 15 is 0 Å². The number of aromatic nitrogens is 2. The van der Waals surface area contributed by atoms with Crippen LogP contribution in [0.25, 0.3) is 0 Å². The highest BCUT2D eigenvalue weighted by atomic mass is 16.6. The molecule has 1 heterocycles. The minimum absolute atomic E-state index is 0.0288. The van der Waals surface area contributed by atoms with Crippen molar-refractivity contribution in [3.05, 3.63) is 11.5 Å². The Morgan fingerprint density at radius 3 is 2.44 bits per heavy atom. The molecule has 0 fully saturated rings. The number of hydrogen-bond acceptors (Lipinski definition) is 5. The van der Waals surface area contributed by atoms with Crippen LogP contribution in [0.15, 0.2) is 0 Å². The van der Waals surface area contributed by atoms with Gasteiger partial charge in [0, 0.05) is 0 Å². The van der Waals surface area contributed by atoms with Crippen LogP contribution >= 0.6 is 0 Å². The van der Waals surface area contributed by atoms with Gasteiger partial charge in [-0.25, -0.2) is 14.6 Å². The van der Waals surface area contributed by atoms with Gasteiger partial charge in [-0.3, -0.25) is 5.32 Å². The number of aromatic amines is 1. The van der Waals surface area contributed by atoms with E-state index < -0.39 is 17.7 Å². The average molecular weight is 255 g/mol. The van der Waals surface area contributed by atoms with Gasteiger partial charge in [0.05, 0.1) is 12.8 Å². The molecule has 0 saturated carbocycles. The molecule has 2 N–H and O–H groups in total. The zero-order chi connectivity index (χ0) is 13.9. The molecule has 0 aromatic carbocycles. The quantitative estimate of drug-likeness (QED) is 0.786. The molecule has 1 aromatic heterocycles. The Morgan fingerprint density at radius 2 is 1.94 bits per heavy atom. The lowest BCUT2D eigenvalue weighted by Gasteiger charge is -2.19. The summed E-state index contributed by atoms with van der Waals surface area (Å²) in [6, 6.07) is 0. The lowest BCUT2D eigenvalue weighted by atomic mass is 10.2. The number of methoxy groups -OCH3 is 1. The molecule has 0 aliphatic heterocycles. The molecule has 7 heteroatoms. The lowest BCUT2D eigenvalue weighted by Crippen LogP contribution is -2.27. The molecule has 7 nitrogen and oxygen atoms in total. The fourth-order valence-electron chi connectivity index (χ4n) is 1.18. The number of anilines is 1. The molecule has 0 aliphatic carbocycles. The SMILES string of the molecule is COC(=O)c1nc(NC(=O)OC(C)(C)C)c(C)[nH]1. The van der Waals surface area contributed by atoms with Crippen LogP contribution in [-0.4, -0.2) is 34.7 Å². The van der Waals surface area contributed by atoms with Crippen molar-refractivity contribution in [2.24, 2.45) is 0 Å². The van der Waals surface area contributed by atoms with Crippen molar-refractivity contribution in [1.29, 1.82) is 0 Å². The van der Waals surface area contributed by atoms with Gasteiger partial charge in [-0.1, -0.05) is 0 Å². The second-order valence-electron chi connectivity index (χ2n) is 4.68. The molecule has 0 unspecified atom stereocenters. The minimum Gasteiger partial charge on any atom is -0.463 e. The van der Waals surface area contributed by atoms with Crippen molar-refractivity contribution in [3.8, 4) is 0 Å². The van der Waals surface area contributed by atoms with Gasteiger partial charge in [-0.15, -0.1) is 0 Å². The van der Waals surface area contributed by atoms with E-state index in [0.29, 0.717) is 5.69 Å². The number of aryl methyl sites for hydroxylation is 1. The molecular weight excluding hydrogens is 238 g/mol. The summed E-state index contributed by atoms with van der Waals surface area (Å²) in [5.74, 6) is -0.332. The Labute approximate surface area is 105 Å². The first-order chi connectivity index (χ1) is 8.23. The van der Waals surface area contributed by atoms with E-state index in [9.17, 15) is 9.59 Å². The van der Waals surface area contributed by atoms with Gasteiger partial charge < -0.3 is 14.5 Å². The van der Waals surface area contributed by atoms with Gasteiger partial charge in [0.15, 0.2) is 5.82 Å². The maximum absolute atomic E-state index is 11.5. The number of esters is 1. The van der Waals surface area contributed by atoms with Crippen LogP contribution in [0.4, 0.5) is 10.6 Å². The number of amides is 1. The van der Waals surface area contributed by atoms with Crippen LogP contribution in [0.1, 0.15) is 37.1 Å². The van der Waals surface area contributed by atoms with Gasteiger partial charge in [-0.2, -0.15) is 0 Å². The van der Waals surface area contributed by atoms with Crippen LogP contribution in [0, 0.1) is 6.92 Å². The van der Waals surface area contributed by atoms with Crippen molar-refractivity contribution in [3.63, 3.8) is 0 Å². The minimum atomic E-state index is -0.631. The molecule has 0 atom stereocenters. The number of rotatable bonds is 2. The largest absolute Gasteiger partial charge is 0.463 e. The third kappa shape index (κ3) is 3.76. The van der Waals surface area contributed by atoms with E-state index in [0.717, 1.165) is 0 Å². The van der Waals surface area contributed by atoms with E-state index in [2.05, 4.69) is 20.0 Å². The average Bonchev–Trinajstić information content (AvgIpc) is 2.56. The third-order valence-electron chi connectivity index (χ3n) is 1.88. The van der Waals surface area contributed by atoms with Crippen LogP contribution in [0.5, 0.6) is 0 Å². The summed E-state index contributed by atoms with van der Waals surface area (Å²) in [7, 11) is 1.25. The number of imidazole rings is 1. The van der Waals surface area contributed by atoms with Crippen LogP contribution < -0.4 is 5.32 Å². The zero-order valence-corrected chi connectivity index (χ0v) is 11.1. The highest BCUT2D eigenvalue weighted by Crippen LogP contribution is 2.14. The van der Waals surface area contributed by atoms with Crippen molar-refractivity contribution < 1.29 is 19.1 Å². The number of carbonyl (C=O) groups excluding carboxylic acids is 2. The number of H-pyrrole nitrogens is 1. The summed E-state index contributed by atoms with van der Waals surface area (Å²) in [6.45, 7) is 6.93. The van der Waals surface area contributed by atoms with E-state index in [4.69, 9.17) is 4.74 Å². The molecule has 1 aromatic rings.